The number of ether oxygens (including phenoxy) is 1. The molecule has 1 heterocycles. The number of carbonyl (C=O) groups is 3. The second-order valence-corrected chi connectivity index (χ2v) is 7.62. The van der Waals surface area contributed by atoms with Crippen molar-refractivity contribution in [3.05, 3.63) is 65.7 Å². The van der Waals surface area contributed by atoms with Crippen LogP contribution in [-0.2, 0) is 16.0 Å². The molecule has 0 spiro atoms. The first-order valence-electron chi connectivity index (χ1n) is 10.6. The van der Waals surface area contributed by atoms with Crippen LogP contribution in [0, 0.1) is 0 Å². The molecule has 2 aromatic carbocycles. The number of piperidine rings is 1. The summed E-state index contributed by atoms with van der Waals surface area (Å²) in [4.78, 5) is 37.1. The van der Waals surface area contributed by atoms with Gasteiger partial charge in [0.15, 0.2) is 0 Å². The summed E-state index contributed by atoms with van der Waals surface area (Å²) in [7, 11) is 0. The van der Waals surface area contributed by atoms with Gasteiger partial charge in [0.1, 0.15) is 11.9 Å². The van der Waals surface area contributed by atoms with Crippen LogP contribution in [0.25, 0.3) is 0 Å². The van der Waals surface area contributed by atoms with Gasteiger partial charge < -0.3 is 20.3 Å². The number of nitrogens with zero attached hydrogens (tertiary/aromatic N) is 1. The van der Waals surface area contributed by atoms with Crippen LogP contribution >= 0.6 is 0 Å². The minimum absolute atomic E-state index is 0.0235. The molecule has 0 aliphatic carbocycles. The summed E-state index contributed by atoms with van der Waals surface area (Å²) in [6, 6.07) is 17.2. The summed E-state index contributed by atoms with van der Waals surface area (Å²) in [6.07, 6.45) is 2.27. The van der Waals surface area contributed by atoms with Crippen molar-refractivity contribution in [1.82, 2.24) is 15.5 Å². The van der Waals surface area contributed by atoms with E-state index in [0.29, 0.717) is 30.9 Å². The zero-order chi connectivity index (χ0) is 22.1. The Morgan fingerprint density at radius 2 is 1.65 bits per heavy atom. The Balaban J connectivity index is 1.40. The summed E-state index contributed by atoms with van der Waals surface area (Å²) in [5.74, 6) is 0.327. The largest absolute Gasteiger partial charge is 0.490 e. The topological polar surface area (TPSA) is 87.7 Å². The lowest BCUT2D eigenvalue weighted by atomic mass is 10.1. The first kappa shape index (κ1) is 22.3. The molecule has 7 heteroatoms. The Morgan fingerprint density at radius 3 is 2.29 bits per heavy atom. The molecule has 1 aliphatic rings. The van der Waals surface area contributed by atoms with Crippen LogP contribution in [0.15, 0.2) is 54.6 Å². The third kappa shape index (κ3) is 7.13. The lowest BCUT2D eigenvalue weighted by Gasteiger charge is -2.32. The number of nitrogens with one attached hydrogen (secondary N) is 2. The molecule has 0 unspecified atom stereocenters. The molecule has 1 saturated heterocycles. The van der Waals surface area contributed by atoms with Crippen molar-refractivity contribution in [2.24, 2.45) is 0 Å². The van der Waals surface area contributed by atoms with Crippen molar-refractivity contribution in [3.8, 4) is 5.75 Å². The second kappa shape index (κ2) is 11.2. The van der Waals surface area contributed by atoms with Crippen molar-refractivity contribution in [1.29, 1.82) is 0 Å². The Hall–Kier alpha value is -3.35. The Labute approximate surface area is 182 Å². The average Bonchev–Trinajstić information content (AvgIpc) is 2.79. The van der Waals surface area contributed by atoms with Crippen LogP contribution in [0.4, 0.5) is 0 Å². The highest BCUT2D eigenvalue weighted by atomic mass is 16.5. The fraction of sp³-hybridized carbons (Fsp3) is 0.375. The van der Waals surface area contributed by atoms with Crippen molar-refractivity contribution in [2.45, 2.75) is 32.3 Å². The molecule has 1 aliphatic heterocycles. The molecule has 0 saturated carbocycles. The Kier molecular flexibility index (Phi) is 8.04. The quantitative estimate of drug-likeness (QED) is 0.681. The molecule has 2 aromatic rings. The molecule has 1 fully saturated rings. The smallest absolute Gasteiger partial charge is 0.251 e. The summed E-state index contributed by atoms with van der Waals surface area (Å²) in [5.41, 5.74) is 1.79. The molecule has 3 rings (SSSR count). The van der Waals surface area contributed by atoms with Crippen molar-refractivity contribution in [3.63, 3.8) is 0 Å². The van der Waals surface area contributed by atoms with Gasteiger partial charge in [-0.25, -0.2) is 0 Å². The number of hydrogen-bond donors (Lipinski definition) is 2. The van der Waals surface area contributed by atoms with E-state index in [-0.39, 0.29) is 30.4 Å². The number of carbonyl (C=O) groups excluding carboxylic acids is 3. The van der Waals surface area contributed by atoms with Gasteiger partial charge in [-0.3, -0.25) is 14.4 Å². The van der Waals surface area contributed by atoms with Gasteiger partial charge in [0.05, 0.1) is 6.54 Å². The molecule has 0 aromatic heterocycles. The molecule has 2 N–H and O–H groups in total. The average molecular weight is 424 g/mol. The highest BCUT2D eigenvalue weighted by molar-refractivity contribution is 5.94. The molecule has 0 radical (unpaired) electrons. The van der Waals surface area contributed by atoms with Crippen LogP contribution in [0.1, 0.15) is 35.7 Å². The number of rotatable bonds is 8. The molecule has 164 valence electrons. The molecular weight excluding hydrogens is 394 g/mol. The highest BCUT2D eigenvalue weighted by Crippen LogP contribution is 2.20. The number of benzene rings is 2. The fourth-order valence-corrected chi connectivity index (χ4v) is 3.48. The molecule has 0 atom stereocenters. The van der Waals surface area contributed by atoms with Gasteiger partial charge in [0, 0.05) is 45.0 Å². The van der Waals surface area contributed by atoms with Crippen molar-refractivity contribution in [2.75, 3.05) is 26.2 Å². The lowest BCUT2D eigenvalue weighted by Crippen LogP contribution is -2.45. The zero-order valence-corrected chi connectivity index (χ0v) is 17.8. The lowest BCUT2D eigenvalue weighted by molar-refractivity contribution is -0.134. The molecule has 7 nitrogen and oxygen atoms in total. The third-order valence-corrected chi connectivity index (χ3v) is 5.24. The first-order valence-corrected chi connectivity index (χ1v) is 10.6. The molecule has 31 heavy (non-hydrogen) atoms. The second-order valence-electron chi connectivity index (χ2n) is 7.62. The van der Waals surface area contributed by atoms with Gasteiger partial charge in [-0.1, -0.05) is 30.3 Å². The van der Waals surface area contributed by atoms with Crippen LogP contribution in [0.5, 0.6) is 5.75 Å². The summed E-state index contributed by atoms with van der Waals surface area (Å²) >= 11 is 0. The number of hydrogen-bond acceptors (Lipinski definition) is 4. The van der Waals surface area contributed by atoms with E-state index in [1.807, 2.05) is 30.3 Å². The van der Waals surface area contributed by atoms with E-state index in [9.17, 15) is 14.4 Å². The van der Waals surface area contributed by atoms with Gasteiger partial charge in [-0.2, -0.15) is 0 Å². The van der Waals surface area contributed by atoms with Gasteiger partial charge in [-0.15, -0.1) is 0 Å². The standard InChI is InChI=1S/C24H29N3O4/c1-18(28)26-17-23(29)27-15-12-22(13-16-27)31-21-9-7-20(8-10-21)24(30)25-14-11-19-5-3-2-4-6-19/h2-10,22H,11-17H2,1H3,(H,25,30)(H,26,28). The van der Waals surface area contributed by atoms with Crippen molar-refractivity contribution < 1.29 is 19.1 Å². The van der Waals surface area contributed by atoms with E-state index in [1.165, 1.54) is 12.5 Å². The van der Waals surface area contributed by atoms with E-state index < -0.39 is 0 Å². The monoisotopic (exact) mass is 423 g/mol. The Morgan fingerprint density at radius 1 is 0.968 bits per heavy atom. The normalized spacial score (nSPS) is 14.0. The SMILES string of the molecule is CC(=O)NCC(=O)N1CCC(Oc2ccc(C(=O)NCCc3ccccc3)cc2)CC1. The minimum atomic E-state index is -0.208. The maximum atomic E-state index is 12.3. The predicted molar refractivity (Wildman–Crippen MR) is 118 cm³/mol. The van der Waals surface area contributed by atoms with E-state index >= 15 is 0 Å². The molecular formula is C24H29N3O4. The van der Waals surface area contributed by atoms with Gasteiger partial charge >= 0.3 is 0 Å². The number of likely N-dealkylation sites (tertiary alicyclic amines) is 1. The highest BCUT2D eigenvalue weighted by Gasteiger charge is 2.24. The van der Waals surface area contributed by atoms with Crippen LogP contribution in [-0.4, -0.2) is 54.9 Å². The molecule has 0 bridgehead atoms. The van der Waals surface area contributed by atoms with E-state index in [4.69, 9.17) is 4.74 Å². The predicted octanol–water partition coefficient (Wildman–Crippen LogP) is 2.17. The van der Waals surface area contributed by atoms with Crippen LogP contribution in [0.2, 0.25) is 0 Å². The van der Waals surface area contributed by atoms with Gasteiger partial charge in [-0.05, 0) is 36.2 Å². The first-order chi connectivity index (χ1) is 15.0. The summed E-state index contributed by atoms with van der Waals surface area (Å²) < 4.78 is 6.02. The Bertz CT molecular complexity index is 875. The van der Waals surface area contributed by atoms with Gasteiger partial charge in [0.25, 0.3) is 5.91 Å². The van der Waals surface area contributed by atoms with Crippen LogP contribution in [0.3, 0.4) is 0 Å². The maximum Gasteiger partial charge on any atom is 0.251 e. The summed E-state index contributed by atoms with van der Waals surface area (Å²) in [6.45, 7) is 3.22. The third-order valence-electron chi connectivity index (χ3n) is 5.24. The maximum absolute atomic E-state index is 12.3. The fourth-order valence-electron chi connectivity index (χ4n) is 3.48. The van der Waals surface area contributed by atoms with E-state index in [2.05, 4.69) is 10.6 Å². The van der Waals surface area contributed by atoms with Crippen LogP contribution < -0.4 is 15.4 Å². The molecule has 3 amide bonds. The summed E-state index contributed by atoms with van der Waals surface area (Å²) in [5, 5.41) is 5.47. The van der Waals surface area contributed by atoms with E-state index in [0.717, 1.165) is 19.3 Å². The number of amides is 3. The minimum Gasteiger partial charge on any atom is -0.490 e. The zero-order valence-electron chi connectivity index (χ0n) is 17.8. The van der Waals surface area contributed by atoms with E-state index in [1.54, 1.807) is 29.2 Å². The van der Waals surface area contributed by atoms with Gasteiger partial charge in [0.2, 0.25) is 11.8 Å². The van der Waals surface area contributed by atoms with Crippen molar-refractivity contribution >= 4 is 17.7 Å².